The van der Waals surface area contributed by atoms with E-state index in [-0.39, 0.29) is 11.4 Å². The summed E-state index contributed by atoms with van der Waals surface area (Å²) >= 11 is 1.24. The molecule has 2 rings (SSSR count). The number of rotatable bonds is 4. The number of aromatic carboxylic acids is 1. The molecule has 1 N–H and O–H groups in total. The molecule has 2 aromatic rings. The van der Waals surface area contributed by atoms with Gasteiger partial charge in [-0.2, -0.15) is 0 Å². The number of carbonyl (C=O) groups is 1. The molecule has 0 spiro atoms. The first kappa shape index (κ1) is 14.5. The van der Waals surface area contributed by atoms with Crippen LogP contribution in [-0.4, -0.2) is 16.1 Å². The van der Waals surface area contributed by atoms with Crippen molar-refractivity contribution in [1.29, 1.82) is 0 Å². The molecule has 1 aromatic carbocycles. The second-order valence-electron chi connectivity index (χ2n) is 4.45. The highest BCUT2D eigenvalue weighted by Crippen LogP contribution is 2.28. The SMILES string of the molecule is Cc1cc(C)c(C(=O)O)c(SCc2ccccc2F)n1. The van der Waals surface area contributed by atoms with Crippen LogP contribution in [0.1, 0.15) is 27.2 Å². The molecule has 0 aliphatic rings. The molecule has 1 aromatic heterocycles. The molecule has 0 saturated heterocycles. The Kier molecular flexibility index (Phi) is 4.39. The smallest absolute Gasteiger partial charge is 0.338 e. The van der Waals surface area contributed by atoms with Gasteiger partial charge in [-0.1, -0.05) is 18.2 Å². The maximum absolute atomic E-state index is 13.6. The van der Waals surface area contributed by atoms with Crippen LogP contribution >= 0.6 is 11.8 Å². The minimum atomic E-state index is -1.01. The molecule has 0 radical (unpaired) electrons. The van der Waals surface area contributed by atoms with Crippen molar-refractivity contribution in [3.8, 4) is 0 Å². The standard InChI is InChI=1S/C15H14FNO2S/c1-9-7-10(2)17-14(13(9)15(18)19)20-8-11-5-3-4-6-12(11)16/h3-7H,8H2,1-2H3,(H,18,19). The quantitative estimate of drug-likeness (QED) is 0.870. The van der Waals surface area contributed by atoms with Gasteiger partial charge in [0.1, 0.15) is 10.8 Å². The zero-order valence-electron chi connectivity index (χ0n) is 11.2. The molecule has 0 saturated carbocycles. The molecule has 0 bridgehead atoms. The minimum Gasteiger partial charge on any atom is -0.478 e. The predicted octanol–water partition coefficient (Wildman–Crippen LogP) is 3.83. The molecule has 0 fully saturated rings. The van der Waals surface area contributed by atoms with E-state index in [9.17, 15) is 14.3 Å². The van der Waals surface area contributed by atoms with E-state index in [2.05, 4.69) is 4.98 Å². The monoisotopic (exact) mass is 291 g/mol. The van der Waals surface area contributed by atoms with Crippen LogP contribution in [0.25, 0.3) is 0 Å². The number of hydrogen-bond donors (Lipinski definition) is 1. The van der Waals surface area contributed by atoms with Gasteiger partial charge < -0.3 is 5.11 Å². The number of aromatic nitrogens is 1. The van der Waals surface area contributed by atoms with Crippen LogP contribution in [0.3, 0.4) is 0 Å². The molecule has 0 unspecified atom stereocenters. The minimum absolute atomic E-state index is 0.192. The number of nitrogens with zero attached hydrogens (tertiary/aromatic N) is 1. The molecule has 0 atom stereocenters. The highest BCUT2D eigenvalue weighted by molar-refractivity contribution is 7.98. The number of carboxylic acids is 1. The lowest BCUT2D eigenvalue weighted by Gasteiger charge is -2.09. The Bertz CT molecular complexity index is 658. The fourth-order valence-electron chi connectivity index (χ4n) is 1.93. The Morgan fingerprint density at radius 1 is 1.35 bits per heavy atom. The van der Waals surface area contributed by atoms with E-state index < -0.39 is 5.97 Å². The molecule has 20 heavy (non-hydrogen) atoms. The Labute approximate surface area is 120 Å². The van der Waals surface area contributed by atoms with Gasteiger partial charge in [0.05, 0.1) is 5.56 Å². The van der Waals surface area contributed by atoms with E-state index in [4.69, 9.17) is 0 Å². The summed E-state index contributed by atoms with van der Waals surface area (Å²) in [7, 11) is 0. The summed E-state index contributed by atoms with van der Waals surface area (Å²) in [4.78, 5) is 15.6. The van der Waals surface area contributed by atoms with Crippen LogP contribution in [0.4, 0.5) is 4.39 Å². The summed E-state index contributed by atoms with van der Waals surface area (Å²) in [6, 6.07) is 8.19. The number of benzene rings is 1. The summed E-state index contributed by atoms with van der Waals surface area (Å²) < 4.78 is 13.6. The third kappa shape index (κ3) is 3.17. The van der Waals surface area contributed by atoms with Crippen molar-refractivity contribution in [2.75, 3.05) is 0 Å². The average Bonchev–Trinajstić information content (AvgIpc) is 2.36. The van der Waals surface area contributed by atoms with Gasteiger partial charge in [0.2, 0.25) is 0 Å². The summed E-state index contributed by atoms with van der Waals surface area (Å²) in [6.45, 7) is 3.55. The Hall–Kier alpha value is -1.88. The zero-order valence-corrected chi connectivity index (χ0v) is 12.0. The van der Waals surface area contributed by atoms with E-state index in [1.54, 1.807) is 31.2 Å². The van der Waals surface area contributed by atoms with Crippen molar-refractivity contribution in [1.82, 2.24) is 4.98 Å². The number of halogens is 1. The molecule has 0 amide bonds. The van der Waals surface area contributed by atoms with Crippen LogP contribution < -0.4 is 0 Å². The molecular weight excluding hydrogens is 277 g/mol. The van der Waals surface area contributed by atoms with E-state index in [0.717, 1.165) is 5.69 Å². The van der Waals surface area contributed by atoms with Gasteiger partial charge in [0, 0.05) is 11.4 Å². The van der Waals surface area contributed by atoms with Crippen molar-refractivity contribution in [3.63, 3.8) is 0 Å². The maximum atomic E-state index is 13.6. The van der Waals surface area contributed by atoms with E-state index in [1.165, 1.54) is 17.8 Å². The molecule has 3 nitrogen and oxygen atoms in total. The van der Waals surface area contributed by atoms with E-state index in [0.29, 0.717) is 21.9 Å². The van der Waals surface area contributed by atoms with Crippen LogP contribution in [0.5, 0.6) is 0 Å². The van der Waals surface area contributed by atoms with Crippen LogP contribution in [-0.2, 0) is 5.75 Å². The third-order valence-electron chi connectivity index (χ3n) is 2.85. The molecule has 5 heteroatoms. The van der Waals surface area contributed by atoms with Gasteiger partial charge in [0.25, 0.3) is 0 Å². The lowest BCUT2D eigenvalue weighted by molar-refractivity contribution is 0.0691. The first-order valence-corrected chi connectivity index (χ1v) is 7.05. The van der Waals surface area contributed by atoms with Crippen molar-refractivity contribution in [2.24, 2.45) is 0 Å². The lowest BCUT2D eigenvalue weighted by Crippen LogP contribution is -2.05. The Balaban J connectivity index is 2.30. The van der Waals surface area contributed by atoms with Crippen molar-refractivity contribution < 1.29 is 14.3 Å². The van der Waals surface area contributed by atoms with E-state index in [1.807, 2.05) is 6.92 Å². The number of thioether (sulfide) groups is 1. The number of aryl methyl sites for hydroxylation is 2. The fraction of sp³-hybridized carbons (Fsp3) is 0.200. The topological polar surface area (TPSA) is 50.2 Å². The summed E-state index contributed by atoms with van der Waals surface area (Å²) in [6.07, 6.45) is 0. The second-order valence-corrected chi connectivity index (χ2v) is 5.41. The predicted molar refractivity (Wildman–Crippen MR) is 76.6 cm³/mol. The van der Waals surface area contributed by atoms with Crippen LogP contribution in [0.15, 0.2) is 35.4 Å². The van der Waals surface area contributed by atoms with Gasteiger partial charge in [0.15, 0.2) is 0 Å². The number of carboxylic acid groups (broad SMARTS) is 1. The lowest BCUT2D eigenvalue weighted by atomic mass is 10.1. The molecular formula is C15H14FNO2S. The first-order chi connectivity index (χ1) is 9.49. The van der Waals surface area contributed by atoms with Gasteiger partial charge in [-0.25, -0.2) is 14.2 Å². The van der Waals surface area contributed by atoms with Gasteiger partial charge in [-0.3, -0.25) is 0 Å². The normalized spacial score (nSPS) is 10.6. The third-order valence-corrected chi connectivity index (χ3v) is 3.87. The van der Waals surface area contributed by atoms with Crippen molar-refractivity contribution in [3.05, 3.63) is 58.5 Å². The van der Waals surface area contributed by atoms with Gasteiger partial charge in [-0.05, 0) is 37.1 Å². The summed E-state index contributed by atoms with van der Waals surface area (Å²) in [5, 5.41) is 9.69. The maximum Gasteiger partial charge on any atom is 0.338 e. The fourth-order valence-corrected chi connectivity index (χ4v) is 3.06. The van der Waals surface area contributed by atoms with Crippen molar-refractivity contribution in [2.45, 2.75) is 24.6 Å². The molecule has 0 aliphatic heterocycles. The Morgan fingerprint density at radius 2 is 2.05 bits per heavy atom. The number of pyridine rings is 1. The zero-order chi connectivity index (χ0) is 14.7. The Morgan fingerprint density at radius 3 is 2.70 bits per heavy atom. The average molecular weight is 291 g/mol. The molecule has 104 valence electrons. The van der Waals surface area contributed by atoms with Gasteiger partial charge in [-0.15, -0.1) is 11.8 Å². The van der Waals surface area contributed by atoms with Crippen LogP contribution in [0.2, 0.25) is 0 Å². The number of hydrogen-bond acceptors (Lipinski definition) is 3. The summed E-state index contributed by atoms with van der Waals surface area (Å²) in [5.41, 5.74) is 2.15. The largest absolute Gasteiger partial charge is 0.478 e. The first-order valence-electron chi connectivity index (χ1n) is 6.06. The molecule has 0 aliphatic carbocycles. The second kappa shape index (κ2) is 6.05. The van der Waals surface area contributed by atoms with Crippen LogP contribution in [0, 0.1) is 19.7 Å². The van der Waals surface area contributed by atoms with Crippen molar-refractivity contribution >= 4 is 17.7 Å². The highest BCUT2D eigenvalue weighted by atomic mass is 32.2. The van der Waals surface area contributed by atoms with E-state index >= 15 is 0 Å². The molecule has 1 heterocycles. The summed E-state index contributed by atoms with van der Waals surface area (Å²) in [5.74, 6) is -0.949. The highest BCUT2D eigenvalue weighted by Gasteiger charge is 2.16. The van der Waals surface area contributed by atoms with Gasteiger partial charge >= 0.3 is 5.97 Å².